The summed E-state index contributed by atoms with van der Waals surface area (Å²) in [5, 5.41) is 0. The van der Waals surface area contributed by atoms with Crippen LogP contribution in [0.25, 0.3) is 0 Å². The Morgan fingerprint density at radius 1 is 1.02 bits per heavy atom. The van der Waals surface area contributed by atoms with Crippen LogP contribution >= 0.6 is 11.8 Å². The van der Waals surface area contributed by atoms with Gasteiger partial charge >= 0.3 is 6.18 Å². The molecular weight excluding hydrogens is 546 g/mol. The van der Waals surface area contributed by atoms with Crippen LogP contribution < -0.4 is 4.74 Å². The SMILES string of the molecule is COc1cc(C[C@@H]2CN(CCN3CC(C)OC(C)C3)CCN2C(=O)c2cc(SC)cc(C(F)(F)F)c2)ccc1F. The minimum absolute atomic E-state index is 0.0191. The number of hydrogen-bond acceptors (Lipinski definition) is 6. The van der Waals surface area contributed by atoms with Crippen LogP contribution in [0.4, 0.5) is 17.6 Å². The van der Waals surface area contributed by atoms with Crippen molar-refractivity contribution in [3.63, 3.8) is 0 Å². The van der Waals surface area contributed by atoms with Gasteiger partial charge in [-0.1, -0.05) is 6.07 Å². The van der Waals surface area contributed by atoms with Crippen molar-refractivity contribution in [1.29, 1.82) is 0 Å². The zero-order valence-electron chi connectivity index (χ0n) is 23.3. The molecule has 2 saturated heterocycles. The van der Waals surface area contributed by atoms with Crippen molar-refractivity contribution < 1.29 is 31.8 Å². The van der Waals surface area contributed by atoms with Gasteiger partial charge in [-0.15, -0.1) is 11.8 Å². The molecule has 2 aromatic rings. The van der Waals surface area contributed by atoms with E-state index in [1.54, 1.807) is 23.3 Å². The Bertz CT molecular complexity index is 1170. The second kappa shape index (κ2) is 13.1. The Morgan fingerprint density at radius 3 is 2.38 bits per heavy atom. The molecule has 6 nitrogen and oxygen atoms in total. The fourth-order valence-electron chi connectivity index (χ4n) is 5.59. The van der Waals surface area contributed by atoms with Gasteiger partial charge in [-0.25, -0.2) is 4.39 Å². The first-order valence-corrected chi connectivity index (χ1v) is 14.7. The van der Waals surface area contributed by atoms with Crippen molar-refractivity contribution in [2.24, 2.45) is 0 Å². The number of amides is 1. The number of hydrogen-bond donors (Lipinski definition) is 0. The second-order valence-electron chi connectivity index (χ2n) is 10.6. The van der Waals surface area contributed by atoms with E-state index in [2.05, 4.69) is 23.6 Å². The fraction of sp³-hybridized carbons (Fsp3) is 0.552. The van der Waals surface area contributed by atoms with E-state index in [4.69, 9.17) is 9.47 Å². The quantitative estimate of drug-likeness (QED) is 0.320. The molecule has 0 aromatic heterocycles. The summed E-state index contributed by atoms with van der Waals surface area (Å²) < 4.78 is 65.9. The Hall–Kier alpha value is -2.34. The van der Waals surface area contributed by atoms with Gasteiger partial charge in [-0.3, -0.25) is 14.6 Å². The van der Waals surface area contributed by atoms with Crippen LogP contribution in [0.2, 0.25) is 0 Å². The molecule has 3 atom stereocenters. The summed E-state index contributed by atoms with van der Waals surface area (Å²) in [5.74, 6) is -0.802. The van der Waals surface area contributed by atoms with Gasteiger partial charge < -0.3 is 14.4 Å². The molecule has 2 aromatic carbocycles. The molecule has 2 heterocycles. The van der Waals surface area contributed by atoms with Crippen molar-refractivity contribution in [2.75, 3.05) is 59.2 Å². The highest BCUT2D eigenvalue weighted by atomic mass is 32.2. The molecule has 0 saturated carbocycles. The third kappa shape index (κ3) is 7.69. The molecule has 2 aliphatic rings. The first-order valence-electron chi connectivity index (χ1n) is 13.5. The molecule has 40 heavy (non-hydrogen) atoms. The maximum Gasteiger partial charge on any atom is 0.416 e. The normalized spacial score (nSPS) is 22.9. The maximum atomic E-state index is 14.1. The summed E-state index contributed by atoms with van der Waals surface area (Å²) in [4.78, 5) is 20.5. The standard InChI is InChI=1S/C29H37F4N3O3S/c1-19-16-35(17-20(2)39-19)8-7-34-9-10-36(24(18-34)11-21-5-6-26(30)27(12-21)38-3)28(37)22-13-23(29(31,32)33)15-25(14-22)40-4/h5-6,12-15,19-20,24H,7-11,16-18H2,1-4H3/t19?,20?,24-/m1/s1. The van der Waals surface area contributed by atoms with E-state index >= 15 is 0 Å². The van der Waals surface area contributed by atoms with Gasteiger partial charge in [0.1, 0.15) is 0 Å². The molecule has 0 radical (unpaired) electrons. The molecule has 0 aliphatic carbocycles. The van der Waals surface area contributed by atoms with Crippen molar-refractivity contribution in [1.82, 2.24) is 14.7 Å². The first-order chi connectivity index (χ1) is 19.0. The number of halogens is 4. The van der Waals surface area contributed by atoms with Gasteiger partial charge in [0.05, 0.1) is 24.9 Å². The highest BCUT2D eigenvalue weighted by Crippen LogP contribution is 2.33. The Balaban J connectivity index is 1.56. The monoisotopic (exact) mass is 583 g/mol. The van der Waals surface area contributed by atoms with Crippen molar-refractivity contribution >= 4 is 17.7 Å². The van der Waals surface area contributed by atoms with E-state index in [-0.39, 0.29) is 29.6 Å². The lowest BCUT2D eigenvalue weighted by Gasteiger charge is -2.43. The molecule has 0 spiro atoms. The fourth-order valence-corrected chi connectivity index (χ4v) is 6.08. The topological polar surface area (TPSA) is 45.2 Å². The number of methoxy groups -OCH3 is 1. The number of carbonyl (C=O) groups excluding carboxylic acids is 1. The van der Waals surface area contributed by atoms with Crippen LogP contribution in [-0.2, 0) is 17.3 Å². The number of rotatable bonds is 8. The average Bonchev–Trinajstić information content (AvgIpc) is 2.91. The zero-order chi connectivity index (χ0) is 29.0. The number of morpholine rings is 1. The molecule has 220 valence electrons. The number of piperazine rings is 1. The summed E-state index contributed by atoms with van der Waals surface area (Å²) in [7, 11) is 1.39. The van der Waals surface area contributed by atoms with Crippen LogP contribution in [0.1, 0.15) is 35.3 Å². The van der Waals surface area contributed by atoms with E-state index < -0.39 is 23.5 Å². The molecule has 0 N–H and O–H groups in total. The summed E-state index contributed by atoms with van der Waals surface area (Å²) in [6, 6.07) is 7.82. The van der Waals surface area contributed by atoms with Gasteiger partial charge in [0, 0.05) is 62.3 Å². The highest BCUT2D eigenvalue weighted by Gasteiger charge is 2.35. The smallest absolute Gasteiger partial charge is 0.416 e. The lowest BCUT2D eigenvalue weighted by molar-refractivity contribution is -0.137. The van der Waals surface area contributed by atoms with E-state index in [1.807, 2.05) is 0 Å². The summed E-state index contributed by atoms with van der Waals surface area (Å²) in [6.07, 6.45) is -2.13. The van der Waals surface area contributed by atoms with Crippen LogP contribution in [-0.4, -0.2) is 98.0 Å². The van der Waals surface area contributed by atoms with Crippen LogP contribution in [0.3, 0.4) is 0 Å². The van der Waals surface area contributed by atoms with Gasteiger partial charge in [-0.2, -0.15) is 13.2 Å². The van der Waals surface area contributed by atoms with Crippen LogP contribution in [0.5, 0.6) is 5.75 Å². The van der Waals surface area contributed by atoms with Gasteiger partial charge in [-0.05, 0) is 62.4 Å². The molecule has 11 heteroatoms. The minimum atomic E-state index is -4.56. The van der Waals surface area contributed by atoms with Gasteiger partial charge in [0.25, 0.3) is 5.91 Å². The number of benzene rings is 2. The summed E-state index contributed by atoms with van der Waals surface area (Å²) in [5.41, 5.74) is -0.0340. The summed E-state index contributed by atoms with van der Waals surface area (Å²) >= 11 is 1.16. The first kappa shape index (κ1) is 30.6. The molecule has 4 rings (SSSR count). The maximum absolute atomic E-state index is 14.1. The van der Waals surface area contributed by atoms with Gasteiger partial charge in [0.15, 0.2) is 11.6 Å². The highest BCUT2D eigenvalue weighted by molar-refractivity contribution is 7.98. The van der Waals surface area contributed by atoms with E-state index in [9.17, 15) is 22.4 Å². The lowest BCUT2D eigenvalue weighted by atomic mass is 9.99. The molecule has 2 fully saturated rings. The predicted octanol–water partition coefficient (Wildman–Crippen LogP) is 5.05. The minimum Gasteiger partial charge on any atom is -0.494 e. The van der Waals surface area contributed by atoms with Crippen LogP contribution in [0.15, 0.2) is 41.3 Å². The number of thioether (sulfide) groups is 1. The van der Waals surface area contributed by atoms with E-state index in [1.165, 1.54) is 19.2 Å². The number of nitrogens with zero attached hydrogens (tertiary/aromatic N) is 3. The number of ether oxygens (including phenoxy) is 2. The third-order valence-electron chi connectivity index (χ3n) is 7.46. The molecule has 0 bridgehead atoms. The second-order valence-corrected chi connectivity index (χ2v) is 11.5. The Labute approximate surface area is 237 Å². The third-order valence-corrected chi connectivity index (χ3v) is 8.17. The zero-order valence-corrected chi connectivity index (χ0v) is 24.2. The largest absolute Gasteiger partial charge is 0.494 e. The summed E-state index contributed by atoms with van der Waals surface area (Å²) in [6.45, 7) is 9.03. The van der Waals surface area contributed by atoms with Crippen molar-refractivity contribution in [2.45, 2.75) is 49.6 Å². The molecule has 2 aliphatic heterocycles. The molecule has 2 unspecified atom stereocenters. The van der Waals surface area contributed by atoms with Crippen molar-refractivity contribution in [3.8, 4) is 5.75 Å². The van der Waals surface area contributed by atoms with Crippen LogP contribution in [0, 0.1) is 5.82 Å². The van der Waals surface area contributed by atoms with E-state index in [0.717, 1.165) is 55.6 Å². The molecule has 1 amide bonds. The molecular formula is C29H37F4N3O3S. The van der Waals surface area contributed by atoms with Crippen molar-refractivity contribution in [3.05, 3.63) is 58.9 Å². The van der Waals surface area contributed by atoms with Gasteiger partial charge in [0.2, 0.25) is 0 Å². The van der Waals surface area contributed by atoms with E-state index in [0.29, 0.717) is 31.0 Å². The lowest BCUT2D eigenvalue weighted by Crippen LogP contribution is -2.57. The number of carbonyl (C=O) groups is 1. The number of alkyl halides is 3. The average molecular weight is 584 g/mol. The Kier molecular flexibility index (Phi) is 10.0. The predicted molar refractivity (Wildman–Crippen MR) is 148 cm³/mol. The Morgan fingerprint density at radius 2 is 1.73 bits per heavy atom.